The van der Waals surface area contributed by atoms with Crippen LogP contribution in [0.4, 0.5) is 0 Å². The summed E-state index contributed by atoms with van der Waals surface area (Å²) in [4.78, 5) is 50.6. The van der Waals surface area contributed by atoms with E-state index in [4.69, 9.17) is 18.9 Å². The smallest absolute Gasteiger partial charge is 0.744 e. The largest absolute Gasteiger partial charge is 2.00 e. The monoisotopic (exact) mass is 1810 g/mol. The Balaban J connectivity index is 0.00000244. The maximum Gasteiger partial charge on any atom is 2.00 e. The summed E-state index contributed by atoms with van der Waals surface area (Å²) in [6, 6.07) is 7.21. The molecule has 2 rings (SSSR count). The molecule has 0 heterocycles. The van der Waals surface area contributed by atoms with Gasteiger partial charge in [0, 0.05) is 0 Å². The Morgan fingerprint density at radius 2 is 0.368 bits per heavy atom. The van der Waals surface area contributed by atoms with Crippen LogP contribution in [0.15, 0.2) is 94.8 Å². The number of benzene rings is 2. The maximum atomic E-state index is 13.1. The molecule has 0 saturated heterocycles. The van der Waals surface area contributed by atoms with Gasteiger partial charge in [-0.05, 0) is 153 Å². The Kier molecular flexibility index (Phi) is 89.5. The first kappa shape index (κ1) is 121. The van der Waals surface area contributed by atoms with E-state index in [2.05, 4.69) is 76.3 Å². The van der Waals surface area contributed by atoms with Crippen molar-refractivity contribution in [2.75, 3.05) is 26.4 Å². The first-order chi connectivity index (χ1) is 60.6. The summed E-state index contributed by atoms with van der Waals surface area (Å²) in [6.45, 7) is 9.46. The fourth-order valence-corrected chi connectivity index (χ4v) is 17.5. The molecule has 0 fully saturated rings. The van der Waals surface area contributed by atoms with Crippen molar-refractivity contribution >= 4 is 81.9 Å². The van der Waals surface area contributed by atoms with Crippen molar-refractivity contribution in [1.29, 1.82) is 0 Å². The topological polar surface area (TPSA) is 220 Å². The molecule has 0 amide bonds. The molecular formula is C108H186CaO14S2. The number of esters is 4. The van der Waals surface area contributed by atoms with Gasteiger partial charge in [0.15, 0.2) is 0 Å². The molecule has 0 aliphatic rings. The summed E-state index contributed by atoms with van der Waals surface area (Å²) in [5.74, 6) is -3.69. The minimum absolute atomic E-state index is 0. The predicted octanol–water partition coefficient (Wildman–Crippen LogP) is 33.4. The van der Waals surface area contributed by atoms with Crippen molar-refractivity contribution in [1.82, 2.24) is 0 Å². The Bertz CT molecular complexity index is 2950. The van der Waals surface area contributed by atoms with E-state index >= 15 is 0 Å². The minimum atomic E-state index is -5.03. The molecule has 0 aliphatic carbocycles. The van der Waals surface area contributed by atoms with Crippen molar-refractivity contribution in [3.05, 3.63) is 107 Å². The molecule has 2 aromatic carbocycles. The maximum absolute atomic E-state index is 13.1. The number of hydrogen-bond acceptors (Lipinski definition) is 14. The molecule has 0 radical (unpaired) electrons. The van der Waals surface area contributed by atoms with E-state index in [9.17, 15) is 45.1 Å². The number of ether oxygens (including phenoxy) is 4. The molecular weight excluding hydrogens is 1630 g/mol. The van der Waals surface area contributed by atoms with Crippen molar-refractivity contribution in [2.45, 2.75) is 525 Å². The van der Waals surface area contributed by atoms with Crippen LogP contribution in [0.2, 0.25) is 0 Å². The number of rotatable bonds is 90. The van der Waals surface area contributed by atoms with Crippen LogP contribution in [-0.4, -0.2) is 114 Å². The van der Waals surface area contributed by atoms with Gasteiger partial charge >= 0.3 is 61.6 Å². The molecule has 0 N–H and O–H groups in total. The Morgan fingerprint density at radius 3 is 0.528 bits per heavy atom. The molecule has 0 aromatic heterocycles. The molecule has 0 saturated carbocycles. The first-order valence-electron chi connectivity index (χ1n) is 52.1. The van der Waals surface area contributed by atoms with Crippen LogP contribution in [0.5, 0.6) is 0 Å². The first-order valence-corrected chi connectivity index (χ1v) is 54.9. The van der Waals surface area contributed by atoms with E-state index in [1.165, 1.54) is 410 Å². The van der Waals surface area contributed by atoms with Gasteiger partial charge in [0.1, 0.15) is 20.2 Å². The molecule has 0 aliphatic heterocycles. The Morgan fingerprint density at radius 1 is 0.224 bits per heavy atom. The van der Waals surface area contributed by atoms with Crippen molar-refractivity contribution in [3.63, 3.8) is 0 Å². The molecule has 0 unspecified atom stereocenters. The standard InChI is InChI=1S/2C54H94O7S.Ca/c2*1-3-5-7-9-11-13-15-17-19-21-23-25-27-29-31-33-35-37-39-41-43-48-60-53(55)50-46-45-47-51(62(57,58)59)52(50)54(56)61-49-44-42-40-38-36-34-32-30-28-26-24-22-20-18-16-14-12-10-8-6-4-2;/h2*35-38,45-47H,3-34,39-44,48-49H2,1-2H3,(H,57,58,59);/q;;+2/p-2/b2*37-35+,38-36+;. The van der Waals surface area contributed by atoms with Gasteiger partial charge in [-0.1, -0.05) is 448 Å². The van der Waals surface area contributed by atoms with Crippen LogP contribution in [-0.2, 0) is 39.2 Å². The van der Waals surface area contributed by atoms with Gasteiger partial charge in [0.2, 0.25) is 0 Å². The fraction of sp³-hybridized carbons (Fsp3) is 0.778. The summed E-state index contributed by atoms with van der Waals surface area (Å²) >= 11 is 0. The van der Waals surface area contributed by atoms with Crippen LogP contribution >= 0.6 is 0 Å². The average Bonchev–Trinajstić information content (AvgIpc) is 0.795. The normalized spacial score (nSPS) is 11.8. The number of allylic oxidation sites excluding steroid dienone is 8. The van der Waals surface area contributed by atoms with E-state index in [1.54, 1.807) is 0 Å². The van der Waals surface area contributed by atoms with Gasteiger partial charge in [-0.2, -0.15) is 0 Å². The van der Waals surface area contributed by atoms with E-state index in [-0.39, 0.29) is 75.3 Å². The second-order valence-corrected chi connectivity index (χ2v) is 38.3. The molecule has 0 atom stereocenters. The SMILES string of the molecule is CCCCCCCCCCCCCCCCC/C=C/CCCCOC(=O)c1cccc(S(=O)(=O)[O-])c1C(=O)OCCCC/C=C/CCCCCCCCCCCCCCCCC.CCCCCCCCCCCCCCCCC/C=C/CCCCOC(=O)c1cccc(S(=O)(=O)[O-])c1C(=O)OCCCC/C=C/CCCCCCCCCCCCCCCCC.[Ca+2]. The van der Waals surface area contributed by atoms with E-state index in [0.29, 0.717) is 25.7 Å². The number of hydrogen-bond donors (Lipinski definition) is 0. The number of unbranched alkanes of at least 4 members (excludes halogenated alkanes) is 68. The molecule has 716 valence electrons. The van der Waals surface area contributed by atoms with Crippen LogP contribution in [0.25, 0.3) is 0 Å². The molecule has 2 aromatic rings. The van der Waals surface area contributed by atoms with Gasteiger partial charge in [-0.25, -0.2) is 36.0 Å². The van der Waals surface area contributed by atoms with Crippen molar-refractivity contribution in [3.8, 4) is 0 Å². The van der Waals surface area contributed by atoms with E-state index in [1.807, 2.05) is 0 Å². The molecule has 17 heteroatoms. The van der Waals surface area contributed by atoms with Gasteiger partial charge in [-0.15, -0.1) is 0 Å². The minimum Gasteiger partial charge on any atom is -0.744 e. The second-order valence-electron chi connectivity index (χ2n) is 35.6. The van der Waals surface area contributed by atoms with Gasteiger partial charge in [0.05, 0.1) is 58.5 Å². The van der Waals surface area contributed by atoms with Crippen LogP contribution < -0.4 is 0 Å². The molecule has 0 bridgehead atoms. The molecule has 14 nitrogen and oxygen atoms in total. The van der Waals surface area contributed by atoms with Gasteiger partial charge in [-0.3, -0.25) is 0 Å². The average molecular weight is 1810 g/mol. The third-order valence-corrected chi connectivity index (χ3v) is 25.8. The number of carbonyl (C=O) groups is 4. The summed E-state index contributed by atoms with van der Waals surface area (Å²) in [7, 11) is -10.1. The predicted molar refractivity (Wildman–Crippen MR) is 526 cm³/mol. The van der Waals surface area contributed by atoms with Crippen LogP contribution in [0, 0.1) is 0 Å². The summed E-state index contributed by atoms with van der Waals surface area (Å²) < 4.78 is 93.8. The third kappa shape index (κ3) is 76.6. The fourth-order valence-electron chi connectivity index (χ4n) is 16.1. The van der Waals surface area contributed by atoms with E-state index < -0.39 is 65.0 Å². The molecule has 125 heavy (non-hydrogen) atoms. The third-order valence-electron chi connectivity index (χ3n) is 24.0. The Labute approximate surface area is 798 Å². The van der Waals surface area contributed by atoms with Crippen LogP contribution in [0.3, 0.4) is 0 Å². The van der Waals surface area contributed by atoms with Gasteiger partial charge < -0.3 is 28.1 Å². The zero-order valence-corrected chi connectivity index (χ0v) is 84.7. The Hall–Kier alpha value is -3.64. The van der Waals surface area contributed by atoms with Crippen molar-refractivity contribution < 1.29 is 64.1 Å². The van der Waals surface area contributed by atoms with Gasteiger partial charge in [0.25, 0.3) is 0 Å². The van der Waals surface area contributed by atoms with Crippen molar-refractivity contribution in [2.24, 2.45) is 0 Å². The second kappa shape index (κ2) is 92.2. The summed E-state index contributed by atoms with van der Waals surface area (Å²) in [5, 5.41) is 0. The summed E-state index contributed by atoms with van der Waals surface area (Å²) in [5.41, 5.74) is -1.62. The summed E-state index contributed by atoms with van der Waals surface area (Å²) in [6.07, 6.45) is 113. The van der Waals surface area contributed by atoms with E-state index in [0.717, 1.165) is 89.2 Å². The number of carbonyl (C=O) groups excluding carboxylic acids is 4. The zero-order valence-electron chi connectivity index (χ0n) is 80.9. The zero-order chi connectivity index (χ0) is 90.1. The van der Waals surface area contributed by atoms with Crippen LogP contribution in [0.1, 0.15) is 557 Å². The molecule has 0 spiro atoms. The quantitative estimate of drug-likeness (QED) is 0.0150.